The van der Waals surface area contributed by atoms with Crippen molar-refractivity contribution >= 4 is 23.7 Å². The summed E-state index contributed by atoms with van der Waals surface area (Å²) in [4.78, 5) is 12.2. The van der Waals surface area contributed by atoms with E-state index in [-0.39, 0.29) is 16.7 Å². The van der Waals surface area contributed by atoms with Gasteiger partial charge in [-0.3, -0.25) is 5.43 Å². The predicted octanol–water partition coefficient (Wildman–Crippen LogP) is 1.50. The number of hydrazine groups is 1. The van der Waals surface area contributed by atoms with Crippen molar-refractivity contribution in [2.24, 2.45) is 5.84 Å². The van der Waals surface area contributed by atoms with Crippen molar-refractivity contribution in [3.05, 3.63) is 0 Å². The highest BCUT2D eigenvalue weighted by Gasteiger charge is 2.25. The maximum absolute atomic E-state index is 5.31. The number of hydrogen-bond acceptors (Lipinski definition) is 8. The Hall–Kier alpha value is -1.28. The minimum Gasteiger partial charge on any atom is -0.467 e. The number of nitrogens with zero attached hydrogens (tertiary/aromatic N) is 3. The molecule has 0 fully saturated rings. The van der Waals surface area contributed by atoms with Gasteiger partial charge in [-0.1, -0.05) is 13.8 Å². The average molecular weight is 286 g/mol. The van der Waals surface area contributed by atoms with Gasteiger partial charge >= 0.3 is 6.01 Å². The molecule has 0 aliphatic rings. The van der Waals surface area contributed by atoms with Crippen LogP contribution in [0.2, 0.25) is 0 Å². The number of nitrogens with two attached hydrogens (primary N) is 1. The SMILES string of the molecule is CCC(CC)(CNc1nc(NN)nc(OC)n1)SC. The largest absolute Gasteiger partial charge is 0.467 e. The fourth-order valence-electron chi connectivity index (χ4n) is 1.69. The van der Waals surface area contributed by atoms with Gasteiger partial charge in [0.2, 0.25) is 11.9 Å². The fraction of sp³-hybridized carbons (Fsp3) is 0.727. The molecule has 0 aromatic carbocycles. The Kier molecular flexibility index (Phi) is 6.10. The van der Waals surface area contributed by atoms with E-state index in [1.165, 1.54) is 7.11 Å². The number of thioether (sulfide) groups is 1. The molecule has 0 unspecified atom stereocenters. The summed E-state index contributed by atoms with van der Waals surface area (Å²) in [6, 6.07) is 0.230. The fourth-order valence-corrected chi connectivity index (χ4v) is 2.49. The quantitative estimate of drug-likeness (QED) is 0.488. The molecule has 8 heteroatoms. The predicted molar refractivity (Wildman–Crippen MR) is 79.5 cm³/mol. The molecule has 108 valence electrons. The number of nitrogens with one attached hydrogen (secondary N) is 2. The molecule has 0 saturated heterocycles. The first-order chi connectivity index (χ1) is 9.12. The standard InChI is InChI=1S/C11H22N6OS/c1-5-11(6-2,19-4)7-13-8-14-9(17-12)16-10(15-8)18-3/h5-7,12H2,1-4H3,(H2,13,14,15,16,17). The van der Waals surface area contributed by atoms with E-state index in [0.29, 0.717) is 5.95 Å². The first kappa shape index (κ1) is 15.8. The van der Waals surface area contributed by atoms with E-state index >= 15 is 0 Å². The van der Waals surface area contributed by atoms with Gasteiger partial charge in [0.25, 0.3) is 0 Å². The van der Waals surface area contributed by atoms with E-state index in [4.69, 9.17) is 10.6 Å². The zero-order valence-electron chi connectivity index (χ0n) is 11.9. The molecule has 0 aliphatic carbocycles. The summed E-state index contributed by atoms with van der Waals surface area (Å²) in [7, 11) is 1.50. The second kappa shape index (κ2) is 7.34. The van der Waals surface area contributed by atoms with Gasteiger partial charge < -0.3 is 10.1 Å². The maximum Gasteiger partial charge on any atom is 0.322 e. The number of aromatic nitrogens is 3. The smallest absolute Gasteiger partial charge is 0.322 e. The van der Waals surface area contributed by atoms with Crippen LogP contribution in [0.25, 0.3) is 0 Å². The molecule has 0 bridgehead atoms. The minimum absolute atomic E-state index is 0.177. The van der Waals surface area contributed by atoms with Crippen molar-refractivity contribution in [2.45, 2.75) is 31.4 Å². The summed E-state index contributed by atoms with van der Waals surface area (Å²) in [5.74, 6) is 6.05. The molecule has 1 aromatic heterocycles. The lowest BCUT2D eigenvalue weighted by Crippen LogP contribution is -2.32. The Bertz CT molecular complexity index is 368. The van der Waals surface area contributed by atoms with Gasteiger partial charge in [-0.2, -0.15) is 26.7 Å². The molecular formula is C11H22N6OS. The Morgan fingerprint density at radius 3 is 2.32 bits per heavy atom. The molecule has 0 aliphatic heterocycles. The van der Waals surface area contributed by atoms with Crippen LogP contribution in [0.4, 0.5) is 11.9 Å². The first-order valence-corrected chi connectivity index (χ1v) is 7.41. The van der Waals surface area contributed by atoms with Crippen molar-refractivity contribution in [2.75, 3.05) is 30.7 Å². The molecule has 0 spiro atoms. The van der Waals surface area contributed by atoms with Crippen LogP contribution in [0, 0.1) is 0 Å². The number of methoxy groups -OCH3 is 1. The van der Waals surface area contributed by atoms with Crippen LogP contribution in [-0.2, 0) is 0 Å². The highest BCUT2D eigenvalue weighted by Crippen LogP contribution is 2.30. The maximum atomic E-state index is 5.31. The van der Waals surface area contributed by atoms with E-state index < -0.39 is 0 Å². The Morgan fingerprint density at radius 2 is 1.84 bits per heavy atom. The second-order valence-electron chi connectivity index (χ2n) is 4.06. The molecule has 0 atom stereocenters. The highest BCUT2D eigenvalue weighted by molar-refractivity contribution is 8.00. The zero-order valence-corrected chi connectivity index (χ0v) is 12.7. The Balaban J connectivity index is 2.81. The summed E-state index contributed by atoms with van der Waals surface area (Å²) in [6.07, 6.45) is 4.26. The number of anilines is 2. The van der Waals surface area contributed by atoms with E-state index in [9.17, 15) is 0 Å². The van der Waals surface area contributed by atoms with Crippen LogP contribution in [0.5, 0.6) is 6.01 Å². The van der Waals surface area contributed by atoms with Crippen molar-refractivity contribution in [1.82, 2.24) is 15.0 Å². The van der Waals surface area contributed by atoms with Gasteiger partial charge in [-0.15, -0.1) is 0 Å². The normalized spacial score (nSPS) is 11.2. The van der Waals surface area contributed by atoms with Crippen LogP contribution in [-0.4, -0.2) is 39.6 Å². The van der Waals surface area contributed by atoms with Gasteiger partial charge in [0.15, 0.2) is 0 Å². The molecule has 0 saturated carbocycles. The van der Waals surface area contributed by atoms with Gasteiger partial charge in [0, 0.05) is 11.3 Å². The second-order valence-corrected chi connectivity index (χ2v) is 5.34. The lowest BCUT2D eigenvalue weighted by atomic mass is 10.0. The van der Waals surface area contributed by atoms with Gasteiger partial charge in [-0.25, -0.2) is 5.84 Å². The third-order valence-electron chi connectivity index (χ3n) is 3.22. The highest BCUT2D eigenvalue weighted by atomic mass is 32.2. The first-order valence-electron chi connectivity index (χ1n) is 6.18. The summed E-state index contributed by atoms with van der Waals surface area (Å²) in [5.41, 5.74) is 2.39. The molecule has 1 rings (SSSR count). The Morgan fingerprint density at radius 1 is 1.21 bits per heavy atom. The summed E-state index contributed by atoms with van der Waals surface area (Å²) >= 11 is 1.85. The molecule has 0 amide bonds. The minimum atomic E-state index is 0.177. The van der Waals surface area contributed by atoms with E-state index in [1.807, 2.05) is 11.8 Å². The van der Waals surface area contributed by atoms with Crippen LogP contribution in [0.3, 0.4) is 0 Å². The van der Waals surface area contributed by atoms with Crippen LogP contribution in [0.15, 0.2) is 0 Å². The van der Waals surface area contributed by atoms with Crippen molar-refractivity contribution < 1.29 is 4.74 Å². The molecule has 7 nitrogen and oxygen atoms in total. The molecule has 19 heavy (non-hydrogen) atoms. The third kappa shape index (κ3) is 4.10. The molecule has 4 N–H and O–H groups in total. The molecular weight excluding hydrogens is 264 g/mol. The summed E-state index contributed by atoms with van der Waals surface area (Å²) < 4.78 is 5.18. The van der Waals surface area contributed by atoms with Gasteiger partial charge in [0.1, 0.15) is 0 Å². The van der Waals surface area contributed by atoms with Crippen LogP contribution in [0.1, 0.15) is 26.7 Å². The summed E-state index contributed by atoms with van der Waals surface area (Å²) in [5, 5.41) is 3.23. The number of hydrogen-bond donors (Lipinski definition) is 3. The van der Waals surface area contributed by atoms with Crippen molar-refractivity contribution in [1.29, 1.82) is 0 Å². The number of rotatable bonds is 8. The van der Waals surface area contributed by atoms with Gasteiger partial charge in [0.05, 0.1) is 7.11 Å². The molecule has 0 radical (unpaired) electrons. The van der Waals surface area contributed by atoms with E-state index in [0.717, 1.165) is 19.4 Å². The monoisotopic (exact) mass is 286 g/mol. The van der Waals surface area contributed by atoms with E-state index in [2.05, 4.69) is 45.8 Å². The number of nitrogen functional groups attached to an aromatic ring is 1. The average Bonchev–Trinajstić information content (AvgIpc) is 2.48. The lowest BCUT2D eigenvalue weighted by molar-refractivity contribution is 0.379. The topological polar surface area (TPSA) is 98.0 Å². The molecule has 1 aromatic rings. The Labute approximate surface area is 118 Å². The summed E-state index contributed by atoms with van der Waals surface area (Å²) in [6.45, 7) is 5.14. The number of ether oxygens (including phenoxy) is 1. The zero-order chi connectivity index (χ0) is 14.3. The van der Waals surface area contributed by atoms with Crippen molar-refractivity contribution in [3.8, 4) is 6.01 Å². The van der Waals surface area contributed by atoms with Crippen LogP contribution < -0.4 is 21.3 Å². The van der Waals surface area contributed by atoms with Crippen molar-refractivity contribution in [3.63, 3.8) is 0 Å². The van der Waals surface area contributed by atoms with Gasteiger partial charge in [-0.05, 0) is 19.1 Å². The molecule has 1 heterocycles. The third-order valence-corrected chi connectivity index (χ3v) is 4.80. The van der Waals surface area contributed by atoms with Crippen LogP contribution >= 0.6 is 11.8 Å². The lowest BCUT2D eigenvalue weighted by Gasteiger charge is -2.29. The van der Waals surface area contributed by atoms with E-state index in [1.54, 1.807) is 0 Å².